The predicted octanol–water partition coefficient (Wildman–Crippen LogP) is 4.59. The van der Waals surface area contributed by atoms with Gasteiger partial charge in [-0.15, -0.1) is 0 Å². The first-order chi connectivity index (χ1) is 13.1. The summed E-state index contributed by atoms with van der Waals surface area (Å²) in [7, 11) is 0. The van der Waals surface area contributed by atoms with Crippen molar-refractivity contribution in [1.29, 1.82) is 0 Å². The Morgan fingerprint density at radius 1 is 1.19 bits per heavy atom. The Morgan fingerprint density at radius 3 is 2.56 bits per heavy atom. The normalized spacial score (nSPS) is 17.7. The van der Waals surface area contributed by atoms with Crippen LogP contribution < -0.4 is 5.32 Å². The van der Waals surface area contributed by atoms with Gasteiger partial charge in [0.1, 0.15) is 0 Å². The Morgan fingerprint density at radius 2 is 1.89 bits per heavy atom. The van der Waals surface area contributed by atoms with Gasteiger partial charge in [0, 0.05) is 23.2 Å². The second kappa shape index (κ2) is 9.49. The third kappa shape index (κ3) is 5.18. The third-order valence-electron chi connectivity index (χ3n) is 5.00. The van der Waals surface area contributed by atoms with Gasteiger partial charge < -0.3 is 10.1 Å². The Kier molecular flexibility index (Phi) is 7.05. The van der Waals surface area contributed by atoms with E-state index in [0.717, 1.165) is 41.7 Å². The van der Waals surface area contributed by atoms with Crippen LogP contribution in [0.15, 0.2) is 46.9 Å². The number of anilines is 1. The van der Waals surface area contributed by atoms with Crippen LogP contribution in [0.5, 0.6) is 0 Å². The second-order valence-electron chi connectivity index (χ2n) is 6.86. The molecule has 0 spiro atoms. The van der Waals surface area contributed by atoms with E-state index in [1.54, 1.807) is 0 Å². The average molecular weight is 431 g/mol. The molecule has 1 aliphatic heterocycles. The minimum absolute atomic E-state index is 0.00168. The lowest BCUT2D eigenvalue weighted by Crippen LogP contribution is -2.42. The Labute approximate surface area is 170 Å². The Bertz CT molecular complexity index is 771. The fourth-order valence-electron chi connectivity index (χ4n) is 3.54. The van der Waals surface area contributed by atoms with E-state index in [0.29, 0.717) is 13.2 Å². The van der Waals surface area contributed by atoms with E-state index in [9.17, 15) is 4.79 Å². The third-order valence-corrected chi connectivity index (χ3v) is 5.49. The van der Waals surface area contributed by atoms with Crippen molar-refractivity contribution in [3.8, 4) is 0 Å². The van der Waals surface area contributed by atoms with Crippen LogP contribution in [-0.4, -0.2) is 37.0 Å². The zero-order valence-electron chi connectivity index (χ0n) is 16.0. The largest absolute Gasteiger partial charge is 0.371 e. The molecule has 0 bridgehead atoms. The van der Waals surface area contributed by atoms with E-state index in [1.807, 2.05) is 12.1 Å². The number of halogens is 1. The number of ether oxygens (including phenoxy) is 1. The molecular formula is C22H27BrN2O2. The lowest BCUT2D eigenvalue weighted by molar-refractivity contribution is -0.119. The van der Waals surface area contributed by atoms with Crippen LogP contribution in [0.1, 0.15) is 36.6 Å². The van der Waals surface area contributed by atoms with Crippen LogP contribution in [-0.2, 0) is 22.4 Å². The predicted molar refractivity (Wildman–Crippen MR) is 113 cm³/mol. The number of nitrogens with zero attached hydrogens (tertiary/aromatic N) is 1. The summed E-state index contributed by atoms with van der Waals surface area (Å²) in [5.41, 5.74) is 4.51. The van der Waals surface area contributed by atoms with Crippen molar-refractivity contribution in [2.45, 2.75) is 32.8 Å². The van der Waals surface area contributed by atoms with Crippen molar-refractivity contribution < 1.29 is 9.53 Å². The van der Waals surface area contributed by atoms with Gasteiger partial charge in [0.2, 0.25) is 5.91 Å². The van der Waals surface area contributed by atoms with Crippen LogP contribution >= 0.6 is 15.9 Å². The lowest BCUT2D eigenvalue weighted by atomic mass is 10.0. The fraction of sp³-hybridized carbons (Fsp3) is 0.409. The molecule has 1 N–H and O–H groups in total. The van der Waals surface area contributed by atoms with E-state index in [-0.39, 0.29) is 12.0 Å². The molecule has 144 valence electrons. The minimum Gasteiger partial charge on any atom is -0.371 e. The Hall–Kier alpha value is -1.69. The van der Waals surface area contributed by atoms with Crippen LogP contribution in [0.4, 0.5) is 5.69 Å². The summed E-state index contributed by atoms with van der Waals surface area (Å²) in [6, 6.07) is 14.4. The van der Waals surface area contributed by atoms with E-state index in [1.165, 1.54) is 11.1 Å². The molecule has 1 heterocycles. The highest BCUT2D eigenvalue weighted by Crippen LogP contribution is 2.25. The Balaban J connectivity index is 1.64. The zero-order valence-corrected chi connectivity index (χ0v) is 17.6. The summed E-state index contributed by atoms with van der Waals surface area (Å²) >= 11 is 3.52. The number of benzene rings is 2. The number of aryl methyl sites for hydroxylation is 2. The molecule has 1 fully saturated rings. The van der Waals surface area contributed by atoms with Gasteiger partial charge in [0.25, 0.3) is 0 Å². The summed E-state index contributed by atoms with van der Waals surface area (Å²) in [6.07, 6.45) is 1.82. The van der Waals surface area contributed by atoms with E-state index in [4.69, 9.17) is 4.74 Å². The van der Waals surface area contributed by atoms with Crippen molar-refractivity contribution >= 4 is 27.5 Å². The number of carbonyl (C=O) groups is 1. The average Bonchev–Trinajstić information content (AvgIpc) is 2.68. The van der Waals surface area contributed by atoms with Crippen molar-refractivity contribution in [2.24, 2.45) is 0 Å². The number of nitrogens with one attached hydrogen (secondary N) is 1. The summed E-state index contributed by atoms with van der Waals surface area (Å²) in [5.74, 6) is 0.0421. The van der Waals surface area contributed by atoms with E-state index < -0.39 is 0 Å². The summed E-state index contributed by atoms with van der Waals surface area (Å²) in [4.78, 5) is 14.9. The summed E-state index contributed by atoms with van der Waals surface area (Å²) in [5, 5.41) is 3.16. The van der Waals surface area contributed by atoms with Gasteiger partial charge in [-0.1, -0.05) is 60.1 Å². The molecule has 1 saturated heterocycles. The van der Waals surface area contributed by atoms with Gasteiger partial charge >= 0.3 is 0 Å². The highest BCUT2D eigenvalue weighted by molar-refractivity contribution is 9.10. The number of hydrogen-bond donors (Lipinski definition) is 1. The molecule has 0 aromatic heterocycles. The quantitative estimate of drug-likeness (QED) is 0.728. The molecule has 0 radical (unpaired) electrons. The van der Waals surface area contributed by atoms with Crippen LogP contribution in [0.3, 0.4) is 0 Å². The number of hydrogen-bond acceptors (Lipinski definition) is 3. The molecular weight excluding hydrogens is 404 g/mol. The SMILES string of the molecule is CCc1cccc(CC)c1NC(=O)CN1CCOC(c2cccc(Br)c2)C1. The molecule has 1 unspecified atom stereocenters. The van der Waals surface area contributed by atoms with E-state index in [2.05, 4.69) is 70.3 Å². The topological polar surface area (TPSA) is 41.6 Å². The highest BCUT2D eigenvalue weighted by Gasteiger charge is 2.24. The standard InChI is InChI=1S/C22H27BrN2O2/c1-3-16-7-5-8-17(4-2)22(16)24-21(26)15-25-11-12-27-20(14-25)18-9-6-10-19(23)13-18/h5-10,13,20H,3-4,11-12,14-15H2,1-2H3,(H,24,26). The minimum atomic E-state index is -0.00168. The maximum absolute atomic E-state index is 12.7. The van der Waals surface area contributed by atoms with Gasteiger partial charge in [0.15, 0.2) is 0 Å². The first kappa shape index (κ1) is 20.1. The first-order valence-corrected chi connectivity index (χ1v) is 10.4. The maximum atomic E-state index is 12.7. The number of para-hydroxylation sites is 1. The molecule has 1 atom stereocenters. The van der Waals surface area contributed by atoms with Crippen LogP contribution in [0.25, 0.3) is 0 Å². The molecule has 4 nitrogen and oxygen atoms in total. The number of morpholine rings is 1. The number of amides is 1. The van der Waals surface area contributed by atoms with Crippen molar-refractivity contribution in [3.63, 3.8) is 0 Å². The monoisotopic (exact) mass is 430 g/mol. The highest BCUT2D eigenvalue weighted by atomic mass is 79.9. The molecule has 0 saturated carbocycles. The van der Waals surface area contributed by atoms with Crippen molar-refractivity contribution in [1.82, 2.24) is 4.90 Å². The molecule has 3 rings (SSSR count). The van der Waals surface area contributed by atoms with Crippen molar-refractivity contribution in [3.05, 3.63) is 63.6 Å². The first-order valence-electron chi connectivity index (χ1n) is 9.60. The van der Waals surface area contributed by atoms with Gasteiger partial charge in [-0.05, 0) is 41.7 Å². The molecule has 1 aliphatic rings. The lowest BCUT2D eigenvalue weighted by Gasteiger charge is -2.32. The number of carbonyl (C=O) groups excluding carboxylic acids is 1. The summed E-state index contributed by atoms with van der Waals surface area (Å²) < 4.78 is 6.97. The smallest absolute Gasteiger partial charge is 0.238 e. The van der Waals surface area contributed by atoms with Crippen LogP contribution in [0.2, 0.25) is 0 Å². The van der Waals surface area contributed by atoms with Gasteiger partial charge in [0.05, 0.1) is 19.3 Å². The molecule has 2 aromatic rings. The number of rotatable bonds is 6. The maximum Gasteiger partial charge on any atom is 0.238 e. The molecule has 5 heteroatoms. The second-order valence-corrected chi connectivity index (χ2v) is 7.77. The van der Waals surface area contributed by atoms with Gasteiger partial charge in [-0.2, -0.15) is 0 Å². The van der Waals surface area contributed by atoms with Gasteiger partial charge in [-0.25, -0.2) is 0 Å². The van der Waals surface area contributed by atoms with Crippen LogP contribution in [0, 0.1) is 0 Å². The summed E-state index contributed by atoms with van der Waals surface area (Å²) in [6.45, 7) is 6.75. The molecule has 2 aromatic carbocycles. The fourth-order valence-corrected chi connectivity index (χ4v) is 3.96. The molecule has 1 amide bonds. The van der Waals surface area contributed by atoms with E-state index >= 15 is 0 Å². The molecule has 0 aliphatic carbocycles. The zero-order chi connectivity index (χ0) is 19.2. The van der Waals surface area contributed by atoms with Crippen molar-refractivity contribution in [2.75, 3.05) is 31.6 Å². The van der Waals surface area contributed by atoms with Gasteiger partial charge in [-0.3, -0.25) is 9.69 Å². The molecule has 27 heavy (non-hydrogen) atoms.